The predicted molar refractivity (Wildman–Crippen MR) is 72.0 cm³/mol. The van der Waals surface area contributed by atoms with Crippen molar-refractivity contribution in [2.75, 3.05) is 6.54 Å². The lowest BCUT2D eigenvalue weighted by atomic mass is 9.61. The highest BCUT2D eigenvalue weighted by molar-refractivity contribution is 5.73. The number of cyclic esters (lactones) is 1. The lowest BCUT2D eigenvalue weighted by Gasteiger charge is -2.44. The molecule has 3 heteroatoms. The Kier molecular flexibility index (Phi) is 3.72. The predicted octanol–water partition coefficient (Wildman–Crippen LogP) is 2.87. The maximum atomic E-state index is 11.5. The zero-order chi connectivity index (χ0) is 13.4. The van der Waals surface area contributed by atoms with Crippen molar-refractivity contribution in [1.82, 2.24) is 0 Å². The molecular weight excluding hydrogens is 226 g/mol. The molecule has 1 atom stereocenters. The Hall–Kier alpha value is -0.570. The van der Waals surface area contributed by atoms with E-state index in [0.29, 0.717) is 18.4 Å². The molecule has 2 N–H and O–H groups in total. The van der Waals surface area contributed by atoms with Gasteiger partial charge in [0.25, 0.3) is 0 Å². The van der Waals surface area contributed by atoms with E-state index in [1.165, 1.54) is 19.3 Å². The van der Waals surface area contributed by atoms with E-state index in [0.717, 1.165) is 18.8 Å². The van der Waals surface area contributed by atoms with Gasteiger partial charge in [-0.3, -0.25) is 4.79 Å². The number of ether oxygens (including phenoxy) is 1. The summed E-state index contributed by atoms with van der Waals surface area (Å²) in [7, 11) is 0. The lowest BCUT2D eigenvalue weighted by Crippen LogP contribution is -2.41. The topological polar surface area (TPSA) is 52.3 Å². The van der Waals surface area contributed by atoms with E-state index < -0.39 is 0 Å². The molecule has 0 aromatic carbocycles. The van der Waals surface area contributed by atoms with Gasteiger partial charge in [0.2, 0.25) is 0 Å². The minimum absolute atomic E-state index is 0.0318. The maximum Gasteiger partial charge on any atom is 0.306 e. The van der Waals surface area contributed by atoms with Crippen LogP contribution in [0.2, 0.25) is 0 Å². The second kappa shape index (κ2) is 4.84. The minimum Gasteiger partial charge on any atom is -0.460 e. The molecule has 0 aromatic heterocycles. The monoisotopic (exact) mass is 253 g/mol. The molecule has 1 spiro atoms. The molecule has 0 aromatic rings. The molecule has 1 aliphatic heterocycles. The van der Waals surface area contributed by atoms with Crippen LogP contribution in [0.4, 0.5) is 0 Å². The van der Waals surface area contributed by atoms with E-state index in [4.69, 9.17) is 10.5 Å². The standard InChI is InChI=1S/C15H27NO2/c1-4-14(2,3)11-5-7-15(8-6-11)9-13(17)18-12(15)10-16/h11-12H,4-10,16H2,1-3H3. The SMILES string of the molecule is CCC(C)(C)C1CCC2(CC1)CC(=O)OC2CN. The summed E-state index contributed by atoms with van der Waals surface area (Å²) in [5.41, 5.74) is 6.25. The van der Waals surface area contributed by atoms with Gasteiger partial charge in [0.05, 0.1) is 6.42 Å². The van der Waals surface area contributed by atoms with Crippen LogP contribution >= 0.6 is 0 Å². The third kappa shape index (κ3) is 2.29. The van der Waals surface area contributed by atoms with Crippen molar-refractivity contribution in [2.24, 2.45) is 22.5 Å². The van der Waals surface area contributed by atoms with E-state index in [-0.39, 0.29) is 17.5 Å². The van der Waals surface area contributed by atoms with Crippen LogP contribution in [0.25, 0.3) is 0 Å². The first-order valence-electron chi connectivity index (χ1n) is 7.33. The number of hydrogen-bond donors (Lipinski definition) is 1. The van der Waals surface area contributed by atoms with Crippen molar-refractivity contribution >= 4 is 5.97 Å². The number of nitrogens with two attached hydrogens (primary N) is 1. The molecule has 2 aliphatic rings. The van der Waals surface area contributed by atoms with Gasteiger partial charge in [-0.05, 0) is 37.0 Å². The van der Waals surface area contributed by atoms with E-state index in [2.05, 4.69) is 20.8 Å². The number of carbonyl (C=O) groups is 1. The average Bonchev–Trinajstić information content (AvgIpc) is 2.66. The summed E-state index contributed by atoms with van der Waals surface area (Å²) in [6, 6.07) is 0. The molecule has 18 heavy (non-hydrogen) atoms. The normalized spacial score (nSPS) is 37.0. The molecule has 1 aliphatic carbocycles. The first-order chi connectivity index (χ1) is 8.43. The zero-order valence-corrected chi connectivity index (χ0v) is 12.0. The number of esters is 1. The fraction of sp³-hybridized carbons (Fsp3) is 0.933. The quantitative estimate of drug-likeness (QED) is 0.787. The van der Waals surface area contributed by atoms with Gasteiger partial charge in [0, 0.05) is 12.0 Å². The summed E-state index contributed by atoms with van der Waals surface area (Å²) in [4.78, 5) is 11.5. The van der Waals surface area contributed by atoms with Gasteiger partial charge in [-0.2, -0.15) is 0 Å². The fourth-order valence-corrected chi connectivity index (χ4v) is 3.79. The van der Waals surface area contributed by atoms with Gasteiger partial charge in [-0.25, -0.2) is 0 Å². The van der Waals surface area contributed by atoms with Crippen LogP contribution in [-0.2, 0) is 9.53 Å². The van der Waals surface area contributed by atoms with E-state index >= 15 is 0 Å². The smallest absolute Gasteiger partial charge is 0.306 e. The van der Waals surface area contributed by atoms with E-state index in [1.807, 2.05) is 0 Å². The van der Waals surface area contributed by atoms with E-state index in [1.54, 1.807) is 0 Å². The molecule has 104 valence electrons. The molecule has 1 saturated heterocycles. The average molecular weight is 253 g/mol. The molecule has 0 bridgehead atoms. The van der Waals surface area contributed by atoms with Crippen LogP contribution < -0.4 is 5.73 Å². The minimum atomic E-state index is -0.0429. The summed E-state index contributed by atoms with van der Waals surface area (Å²) >= 11 is 0. The van der Waals surface area contributed by atoms with Crippen LogP contribution in [0.1, 0.15) is 59.3 Å². The first-order valence-corrected chi connectivity index (χ1v) is 7.33. The first kappa shape index (κ1) is 13.9. The lowest BCUT2D eigenvalue weighted by molar-refractivity contribution is -0.141. The second-order valence-corrected chi connectivity index (χ2v) is 6.87. The molecule has 3 nitrogen and oxygen atoms in total. The van der Waals surface area contributed by atoms with Crippen LogP contribution in [0, 0.1) is 16.7 Å². The number of carbonyl (C=O) groups excluding carboxylic acids is 1. The molecule has 1 unspecified atom stereocenters. The summed E-state index contributed by atoms with van der Waals surface area (Å²) in [6.07, 6.45) is 6.43. The molecule has 0 radical (unpaired) electrons. The third-order valence-electron chi connectivity index (χ3n) is 5.66. The van der Waals surface area contributed by atoms with Gasteiger partial charge in [-0.1, -0.05) is 27.2 Å². The number of hydrogen-bond acceptors (Lipinski definition) is 3. The van der Waals surface area contributed by atoms with Crippen molar-refractivity contribution in [3.05, 3.63) is 0 Å². The van der Waals surface area contributed by atoms with Gasteiger partial charge >= 0.3 is 5.97 Å². The van der Waals surface area contributed by atoms with Crippen molar-refractivity contribution < 1.29 is 9.53 Å². The molecule has 2 fully saturated rings. The second-order valence-electron chi connectivity index (χ2n) is 6.87. The van der Waals surface area contributed by atoms with Gasteiger partial charge < -0.3 is 10.5 Å². The van der Waals surface area contributed by atoms with Crippen molar-refractivity contribution in [2.45, 2.75) is 65.4 Å². The Balaban J connectivity index is 2.03. The molecule has 0 amide bonds. The van der Waals surface area contributed by atoms with Crippen LogP contribution in [0.5, 0.6) is 0 Å². The van der Waals surface area contributed by atoms with E-state index in [9.17, 15) is 4.79 Å². The number of rotatable bonds is 3. The molecule has 2 rings (SSSR count). The summed E-state index contributed by atoms with van der Waals surface area (Å²) in [5, 5.41) is 0. The van der Waals surface area contributed by atoms with Crippen molar-refractivity contribution in [3.63, 3.8) is 0 Å². The molecule has 1 saturated carbocycles. The highest BCUT2D eigenvalue weighted by Gasteiger charge is 2.50. The summed E-state index contributed by atoms with van der Waals surface area (Å²) in [5.74, 6) is 0.737. The van der Waals surface area contributed by atoms with Gasteiger partial charge in [0.1, 0.15) is 6.10 Å². The largest absolute Gasteiger partial charge is 0.460 e. The Morgan fingerprint density at radius 3 is 2.50 bits per heavy atom. The van der Waals surface area contributed by atoms with Crippen molar-refractivity contribution in [1.29, 1.82) is 0 Å². The highest BCUT2D eigenvalue weighted by Crippen LogP contribution is 2.52. The van der Waals surface area contributed by atoms with Crippen LogP contribution in [-0.4, -0.2) is 18.6 Å². The summed E-state index contributed by atoms with van der Waals surface area (Å²) in [6.45, 7) is 7.49. The Morgan fingerprint density at radius 2 is 2.00 bits per heavy atom. The maximum absolute atomic E-state index is 11.5. The van der Waals surface area contributed by atoms with Gasteiger partial charge in [-0.15, -0.1) is 0 Å². The van der Waals surface area contributed by atoms with Crippen molar-refractivity contribution in [3.8, 4) is 0 Å². The van der Waals surface area contributed by atoms with Crippen LogP contribution in [0.3, 0.4) is 0 Å². The molecule has 1 heterocycles. The summed E-state index contributed by atoms with van der Waals surface area (Å²) < 4.78 is 5.39. The van der Waals surface area contributed by atoms with Gasteiger partial charge in [0.15, 0.2) is 0 Å². The van der Waals surface area contributed by atoms with Crippen LogP contribution in [0.15, 0.2) is 0 Å². The Morgan fingerprint density at radius 1 is 1.39 bits per heavy atom. The Labute approximate surface area is 110 Å². The Bertz CT molecular complexity index is 316. The zero-order valence-electron chi connectivity index (χ0n) is 12.0. The fourth-order valence-electron chi connectivity index (χ4n) is 3.79. The third-order valence-corrected chi connectivity index (χ3v) is 5.66. The molecular formula is C15H27NO2. The highest BCUT2D eigenvalue weighted by atomic mass is 16.6.